The smallest absolute Gasteiger partial charge is 0.416 e. The summed E-state index contributed by atoms with van der Waals surface area (Å²) < 4.78 is 47.2. The molecule has 0 aliphatic heterocycles. The number of hydrogen-bond acceptors (Lipinski definition) is 5. The molecule has 12 heteroatoms. The van der Waals surface area contributed by atoms with Crippen LogP contribution in [0.2, 0.25) is 0 Å². The zero-order valence-electron chi connectivity index (χ0n) is 21.5. The zero-order valence-corrected chi connectivity index (χ0v) is 23.6. The molecule has 3 aromatic carbocycles. The Morgan fingerprint density at radius 2 is 1.78 bits per heavy atom. The van der Waals surface area contributed by atoms with E-state index in [9.17, 15) is 33.3 Å². The van der Waals surface area contributed by atoms with Gasteiger partial charge in [-0.3, -0.25) is 14.9 Å². The van der Waals surface area contributed by atoms with Crippen LogP contribution < -0.4 is 10.1 Å². The number of amides is 1. The van der Waals surface area contributed by atoms with Gasteiger partial charge >= 0.3 is 11.9 Å². The van der Waals surface area contributed by atoms with Crippen molar-refractivity contribution < 1.29 is 27.6 Å². The molecule has 0 aliphatic rings. The van der Waals surface area contributed by atoms with E-state index in [1.807, 2.05) is 42.7 Å². The summed E-state index contributed by atoms with van der Waals surface area (Å²) in [6.07, 6.45) is -3.23. The van der Waals surface area contributed by atoms with E-state index in [0.29, 0.717) is 29.1 Å². The molecule has 1 N–H and O–H groups in total. The van der Waals surface area contributed by atoms with E-state index in [1.54, 1.807) is 24.3 Å². The Bertz CT molecular complexity index is 1720. The van der Waals surface area contributed by atoms with E-state index >= 15 is 0 Å². The Balaban J connectivity index is 1.58. The van der Waals surface area contributed by atoms with Crippen molar-refractivity contribution >= 4 is 45.9 Å². The average Bonchev–Trinajstić information content (AvgIpc) is 3.20. The molecule has 1 heterocycles. The number of aromatic nitrogens is 1. The molecule has 0 spiro atoms. The minimum absolute atomic E-state index is 0.0770. The molecule has 4 aromatic rings. The van der Waals surface area contributed by atoms with Crippen LogP contribution >= 0.6 is 22.6 Å². The van der Waals surface area contributed by atoms with Gasteiger partial charge in [-0.05, 0) is 103 Å². The molecule has 41 heavy (non-hydrogen) atoms. The molecular weight excluding hydrogens is 652 g/mol. The lowest BCUT2D eigenvalue weighted by molar-refractivity contribution is -0.385. The highest BCUT2D eigenvalue weighted by molar-refractivity contribution is 14.1. The molecule has 0 saturated carbocycles. The van der Waals surface area contributed by atoms with Gasteiger partial charge in [0.1, 0.15) is 17.4 Å². The third kappa shape index (κ3) is 6.58. The van der Waals surface area contributed by atoms with Crippen LogP contribution in [0.3, 0.4) is 0 Å². The van der Waals surface area contributed by atoms with E-state index in [0.717, 1.165) is 21.0 Å². The Morgan fingerprint density at radius 1 is 1.10 bits per heavy atom. The van der Waals surface area contributed by atoms with Crippen LogP contribution in [0.25, 0.3) is 11.8 Å². The Hall–Kier alpha value is -4.64. The molecule has 208 valence electrons. The SMILES string of the molecule is Cc1cc(/C=C(/C#N)C(=O)Nc2ccccc2I)c(C)n1-c1ccc(Oc2ccc(C(F)(F)F)cc2[N+](=O)[O-])cc1. The van der Waals surface area contributed by atoms with Crippen molar-refractivity contribution in [3.63, 3.8) is 0 Å². The van der Waals surface area contributed by atoms with Crippen molar-refractivity contribution in [3.8, 4) is 23.3 Å². The van der Waals surface area contributed by atoms with Crippen molar-refractivity contribution in [1.29, 1.82) is 5.26 Å². The zero-order chi connectivity index (χ0) is 29.9. The quantitative estimate of drug-likeness (QED) is 0.0705. The molecular formula is C29H20F3IN4O4. The number of halogens is 4. The van der Waals surface area contributed by atoms with Gasteiger partial charge in [-0.15, -0.1) is 0 Å². The summed E-state index contributed by atoms with van der Waals surface area (Å²) in [5, 5.41) is 23.8. The molecule has 0 radical (unpaired) electrons. The largest absolute Gasteiger partial charge is 0.450 e. The van der Waals surface area contributed by atoms with E-state index in [1.165, 1.54) is 18.2 Å². The van der Waals surface area contributed by atoms with Gasteiger partial charge in [0, 0.05) is 26.7 Å². The van der Waals surface area contributed by atoms with Crippen molar-refractivity contribution in [3.05, 3.63) is 115 Å². The third-order valence-corrected chi connectivity index (χ3v) is 7.00. The van der Waals surface area contributed by atoms with Crippen molar-refractivity contribution in [2.24, 2.45) is 0 Å². The van der Waals surface area contributed by atoms with E-state index in [4.69, 9.17) is 4.74 Å². The monoisotopic (exact) mass is 672 g/mol. The lowest BCUT2D eigenvalue weighted by atomic mass is 10.1. The van der Waals surface area contributed by atoms with E-state index < -0.39 is 28.3 Å². The van der Waals surface area contributed by atoms with Gasteiger partial charge in [0.05, 0.1) is 16.2 Å². The number of carbonyl (C=O) groups excluding carboxylic acids is 1. The number of ether oxygens (including phenoxy) is 1. The average molecular weight is 672 g/mol. The van der Waals surface area contributed by atoms with Crippen molar-refractivity contribution in [2.45, 2.75) is 20.0 Å². The van der Waals surface area contributed by atoms with Crippen LogP contribution in [0, 0.1) is 38.9 Å². The molecule has 0 saturated heterocycles. The molecule has 1 aromatic heterocycles. The van der Waals surface area contributed by atoms with Gasteiger partial charge < -0.3 is 14.6 Å². The van der Waals surface area contributed by atoms with Gasteiger partial charge in [-0.1, -0.05) is 12.1 Å². The number of hydrogen-bond donors (Lipinski definition) is 1. The number of nitrogens with zero attached hydrogens (tertiary/aromatic N) is 3. The second kappa shape index (κ2) is 11.8. The first kappa shape index (κ1) is 29.3. The number of nitriles is 1. The second-order valence-electron chi connectivity index (χ2n) is 8.80. The van der Waals surface area contributed by atoms with Gasteiger partial charge in [0.15, 0.2) is 0 Å². The molecule has 0 aliphatic carbocycles. The van der Waals surface area contributed by atoms with Gasteiger partial charge in [-0.25, -0.2) is 0 Å². The number of alkyl halides is 3. The number of nitro groups is 1. The molecule has 1 amide bonds. The maximum Gasteiger partial charge on any atom is 0.416 e. The maximum atomic E-state index is 13.0. The first-order valence-electron chi connectivity index (χ1n) is 11.9. The fourth-order valence-electron chi connectivity index (χ4n) is 4.10. The topological polar surface area (TPSA) is 110 Å². The van der Waals surface area contributed by atoms with Crippen molar-refractivity contribution in [1.82, 2.24) is 4.57 Å². The highest BCUT2D eigenvalue weighted by Crippen LogP contribution is 2.38. The normalized spacial score (nSPS) is 11.6. The minimum Gasteiger partial charge on any atom is -0.450 e. The molecule has 0 atom stereocenters. The molecule has 0 fully saturated rings. The number of aryl methyl sites for hydroxylation is 1. The summed E-state index contributed by atoms with van der Waals surface area (Å²) in [4.78, 5) is 23.2. The predicted octanol–water partition coefficient (Wildman–Crippen LogP) is 7.96. The summed E-state index contributed by atoms with van der Waals surface area (Å²) in [6, 6.07) is 19.4. The third-order valence-electron chi connectivity index (χ3n) is 6.06. The molecule has 8 nitrogen and oxygen atoms in total. The van der Waals surface area contributed by atoms with E-state index in [2.05, 4.69) is 27.9 Å². The minimum atomic E-state index is -4.73. The van der Waals surface area contributed by atoms with Crippen LogP contribution in [0.1, 0.15) is 22.5 Å². The lowest BCUT2D eigenvalue weighted by Gasteiger charge is -2.12. The summed E-state index contributed by atoms with van der Waals surface area (Å²) >= 11 is 2.09. The predicted molar refractivity (Wildman–Crippen MR) is 155 cm³/mol. The first-order valence-corrected chi connectivity index (χ1v) is 13.0. The number of para-hydroxylation sites is 1. The van der Waals surface area contributed by atoms with Gasteiger partial charge in [0.25, 0.3) is 5.91 Å². The van der Waals surface area contributed by atoms with Gasteiger partial charge in [0.2, 0.25) is 5.75 Å². The van der Waals surface area contributed by atoms with Crippen LogP contribution in [-0.4, -0.2) is 15.4 Å². The highest BCUT2D eigenvalue weighted by atomic mass is 127. The van der Waals surface area contributed by atoms with Crippen LogP contribution in [-0.2, 0) is 11.0 Å². The Kier molecular flexibility index (Phi) is 8.48. The summed E-state index contributed by atoms with van der Waals surface area (Å²) in [5.74, 6) is -0.692. The van der Waals surface area contributed by atoms with Crippen molar-refractivity contribution in [2.75, 3.05) is 5.32 Å². The summed E-state index contributed by atoms with van der Waals surface area (Å²) in [7, 11) is 0. The number of nitrogens with one attached hydrogen (secondary N) is 1. The number of anilines is 1. The van der Waals surface area contributed by atoms with Crippen LogP contribution in [0.5, 0.6) is 11.5 Å². The maximum absolute atomic E-state index is 13.0. The number of carbonyl (C=O) groups is 1. The van der Waals surface area contributed by atoms with E-state index in [-0.39, 0.29) is 17.1 Å². The number of benzene rings is 3. The highest BCUT2D eigenvalue weighted by Gasteiger charge is 2.33. The molecule has 0 bridgehead atoms. The fourth-order valence-corrected chi connectivity index (χ4v) is 4.62. The first-order chi connectivity index (χ1) is 19.4. The van der Waals surface area contributed by atoms with Crippen LogP contribution in [0.4, 0.5) is 24.5 Å². The second-order valence-corrected chi connectivity index (χ2v) is 9.96. The summed E-state index contributed by atoms with van der Waals surface area (Å²) in [5.41, 5.74) is 1.44. The number of rotatable bonds is 7. The lowest BCUT2D eigenvalue weighted by Crippen LogP contribution is -2.14. The molecule has 4 rings (SSSR count). The Morgan fingerprint density at radius 3 is 2.39 bits per heavy atom. The standard InChI is InChI=1S/C29H20F3IN4O4/c1-17-13-19(14-20(16-34)28(38)35-25-6-4-3-5-24(25)33)18(2)36(17)22-8-10-23(11-9-22)41-27-12-7-21(29(30,31)32)15-26(27)37(39)40/h3-15H,1-2H3,(H,35,38)/b20-14-. The van der Waals surface area contributed by atoms with Gasteiger partial charge in [-0.2, -0.15) is 18.4 Å². The van der Waals surface area contributed by atoms with Crippen LogP contribution in [0.15, 0.2) is 78.4 Å². The number of nitro benzene ring substituents is 1. The molecule has 0 unspecified atom stereocenters. The fraction of sp³-hybridized carbons (Fsp3) is 0.103. The summed E-state index contributed by atoms with van der Waals surface area (Å²) in [6.45, 7) is 3.67. The Labute approximate surface area is 246 Å².